The van der Waals surface area contributed by atoms with E-state index in [9.17, 15) is 14.4 Å². The van der Waals surface area contributed by atoms with E-state index in [1.165, 1.54) is 7.11 Å². The molecule has 0 radical (unpaired) electrons. The molecule has 0 saturated carbocycles. The molecule has 0 aliphatic heterocycles. The van der Waals surface area contributed by atoms with E-state index >= 15 is 0 Å². The maximum absolute atomic E-state index is 12.5. The molecule has 33 heavy (non-hydrogen) atoms. The fourth-order valence-corrected chi connectivity index (χ4v) is 2.96. The van der Waals surface area contributed by atoms with Gasteiger partial charge in [-0.3, -0.25) is 9.59 Å². The first-order chi connectivity index (χ1) is 15.9. The van der Waals surface area contributed by atoms with E-state index in [1.807, 2.05) is 0 Å². The van der Waals surface area contributed by atoms with E-state index in [2.05, 4.69) is 15.8 Å². The van der Waals surface area contributed by atoms with Crippen LogP contribution < -0.4 is 20.2 Å². The zero-order valence-electron chi connectivity index (χ0n) is 17.8. The SMILES string of the molecule is COc1ccc(NC(=O)C(=O)NN=C(C)c2ccccc2OC(=O)c2ccccc2Cl)cc1. The number of amides is 2. The summed E-state index contributed by atoms with van der Waals surface area (Å²) in [4.78, 5) is 36.8. The molecule has 0 aliphatic rings. The summed E-state index contributed by atoms with van der Waals surface area (Å²) in [5.41, 5.74) is 3.61. The van der Waals surface area contributed by atoms with Crippen molar-refractivity contribution in [3.05, 3.63) is 88.9 Å². The Labute approximate surface area is 195 Å². The number of methoxy groups -OCH3 is 1. The lowest BCUT2D eigenvalue weighted by molar-refractivity contribution is -0.136. The zero-order valence-corrected chi connectivity index (χ0v) is 18.6. The second-order valence-corrected chi connectivity index (χ2v) is 7.09. The summed E-state index contributed by atoms with van der Waals surface area (Å²) >= 11 is 6.06. The molecule has 2 amide bonds. The fourth-order valence-electron chi connectivity index (χ4n) is 2.74. The number of hydrazone groups is 1. The normalized spacial score (nSPS) is 10.8. The zero-order chi connectivity index (χ0) is 23.8. The number of halogens is 1. The van der Waals surface area contributed by atoms with Crippen LogP contribution in [0.3, 0.4) is 0 Å². The van der Waals surface area contributed by atoms with Gasteiger partial charge in [-0.15, -0.1) is 0 Å². The van der Waals surface area contributed by atoms with Gasteiger partial charge in [-0.25, -0.2) is 10.2 Å². The van der Waals surface area contributed by atoms with E-state index < -0.39 is 17.8 Å². The lowest BCUT2D eigenvalue weighted by Crippen LogP contribution is -2.33. The van der Waals surface area contributed by atoms with Gasteiger partial charge in [0, 0.05) is 11.3 Å². The topological polar surface area (TPSA) is 106 Å². The molecule has 168 valence electrons. The minimum absolute atomic E-state index is 0.215. The summed E-state index contributed by atoms with van der Waals surface area (Å²) in [7, 11) is 1.53. The van der Waals surface area contributed by atoms with Crippen molar-refractivity contribution in [3.63, 3.8) is 0 Å². The summed E-state index contributed by atoms with van der Waals surface area (Å²) in [6.07, 6.45) is 0. The molecule has 0 atom stereocenters. The molecule has 2 N–H and O–H groups in total. The average Bonchev–Trinajstić information content (AvgIpc) is 2.83. The molecular formula is C24H20ClN3O5. The maximum atomic E-state index is 12.5. The highest BCUT2D eigenvalue weighted by Gasteiger charge is 2.17. The van der Waals surface area contributed by atoms with Crippen molar-refractivity contribution >= 4 is 40.8 Å². The molecule has 0 fully saturated rings. The van der Waals surface area contributed by atoms with Gasteiger partial charge >= 0.3 is 17.8 Å². The molecule has 0 bridgehead atoms. The number of ether oxygens (including phenoxy) is 2. The summed E-state index contributed by atoms with van der Waals surface area (Å²) in [6, 6.07) is 19.7. The highest BCUT2D eigenvalue weighted by Crippen LogP contribution is 2.22. The van der Waals surface area contributed by atoms with Crippen molar-refractivity contribution in [2.24, 2.45) is 5.10 Å². The quantitative estimate of drug-likeness (QED) is 0.188. The van der Waals surface area contributed by atoms with Crippen molar-refractivity contribution in [1.29, 1.82) is 0 Å². The number of carbonyl (C=O) groups excluding carboxylic acids is 3. The van der Waals surface area contributed by atoms with E-state index in [4.69, 9.17) is 21.1 Å². The van der Waals surface area contributed by atoms with Crippen LogP contribution in [0.4, 0.5) is 5.69 Å². The molecule has 0 aliphatic carbocycles. The third kappa shape index (κ3) is 6.18. The summed E-state index contributed by atoms with van der Waals surface area (Å²) in [5, 5.41) is 6.69. The number of para-hydroxylation sites is 1. The molecule has 0 spiro atoms. The Morgan fingerprint density at radius 3 is 2.15 bits per heavy atom. The van der Waals surface area contributed by atoms with Crippen molar-refractivity contribution in [2.75, 3.05) is 12.4 Å². The summed E-state index contributed by atoms with van der Waals surface area (Å²) in [5.74, 6) is -1.65. The average molecular weight is 466 g/mol. The molecule has 9 heteroatoms. The number of nitrogens with one attached hydrogen (secondary N) is 2. The van der Waals surface area contributed by atoms with Gasteiger partial charge in [0.05, 0.1) is 23.4 Å². The number of hydrogen-bond acceptors (Lipinski definition) is 6. The highest BCUT2D eigenvalue weighted by molar-refractivity contribution is 6.39. The van der Waals surface area contributed by atoms with Crippen LogP contribution in [0.15, 0.2) is 77.9 Å². The number of esters is 1. The predicted octanol–water partition coefficient (Wildman–Crippen LogP) is 4.05. The Hall–Kier alpha value is -4.17. The van der Waals surface area contributed by atoms with Crippen LogP contribution in [0.25, 0.3) is 0 Å². The third-order valence-corrected chi connectivity index (χ3v) is 4.78. The third-order valence-electron chi connectivity index (χ3n) is 4.45. The van der Waals surface area contributed by atoms with Gasteiger partial charge in [0.25, 0.3) is 0 Å². The highest BCUT2D eigenvalue weighted by atomic mass is 35.5. The van der Waals surface area contributed by atoms with Crippen molar-refractivity contribution < 1.29 is 23.9 Å². The Morgan fingerprint density at radius 1 is 0.848 bits per heavy atom. The second kappa shape index (κ2) is 10.9. The van der Waals surface area contributed by atoms with Gasteiger partial charge in [0.2, 0.25) is 0 Å². The fraction of sp³-hybridized carbons (Fsp3) is 0.0833. The molecule has 3 rings (SSSR count). The van der Waals surface area contributed by atoms with Gasteiger partial charge in [-0.05, 0) is 55.5 Å². The Balaban J connectivity index is 1.67. The number of nitrogens with zero attached hydrogens (tertiary/aromatic N) is 1. The number of rotatable bonds is 6. The second-order valence-electron chi connectivity index (χ2n) is 6.69. The van der Waals surface area contributed by atoms with Crippen LogP contribution in [0.1, 0.15) is 22.8 Å². The van der Waals surface area contributed by atoms with Crippen LogP contribution in [-0.2, 0) is 9.59 Å². The van der Waals surface area contributed by atoms with Gasteiger partial charge in [0.15, 0.2) is 0 Å². The monoisotopic (exact) mass is 465 g/mol. The lowest BCUT2D eigenvalue weighted by atomic mass is 10.1. The van der Waals surface area contributed by atoms with Crippen LogP contribution >= 0.6 is 11.6 Å². The van der Waals surface area contributed by atoms with Crippen molar-refractivity contribution in [3.8, 4) is 11.5 Å². The first-order valence-corrected chi connectivity index (χ1v) is 10.1. The van der Waals surface area contributed by atoms with E-state index in [1.54, 1.807) is 79.7 Å². The largest absolute Gasteiger partial charge is 0.497 e. The van der Waals surface area contributed by atoms with Crippen molar-refractivity contribution in [1.82, 2.24) is 5.43 Å². The number of benzene rings is 3. The Bertz CT molecular complexity index is 1210. The van der Waals surface area contributed by atoms with Crippen LogP contribution in [0, 0.1) is 0 Å². The van der Waals surface area contributed by atoms with E-state index in [0.29, 0.717) is 22.7 Å². The van der Waals surface area contributed by atoms with Gasteiger partial charge < -0.3 is 14.8 Å². The van der Waals surface area contributed by atoms with Gasteiger partial charge in [-0.2, -0.15) is 5.10 Å². The molecule has 0 heterocycles. The Morgan fingerprint density at radius 2 is 1.48 bits per heavy atom. The van der Waals surface area contributed by atoms with Crippen molar-refractivity contribution in [2.45, 2.75) is 6.92 Å². The minimum atomic E-state index is -0.962. The Kier molecular flexibility index (Phi) is 7.77. The molecule has 3 aromatic carbocycles. The summed E-state index contributed by atoms with van der Waals surface area (Å²) < 4.78 is 10.5. The van der Waals surface area contributed by atoms with Crippen LogP contribution in [-0.4, -0.2) is 30.6 Å². The number of carbonyl (C=O) groups is 3. The smallest absolute Gasteiger partial charge is 0.345 e. The number of hydrogen-bond donors (Lipinski definition) is 2. The van der Waals surface area contributed by atoms with E-state index in [0.717, 1.165) is 0 Å². The first-order valence-electron chi connectivity index (χ1n) is 9.75. The summed E-state index contributed by atoms with van der Waals surface area (Å²) in [6.45, 7) is 1.60. The minimum Gasteiger partial charge on any atom is -0.497 e. The van der Waals surface area contributed by atoms with Gasteiger partial charge in [0.1, 0.15) is 11.5 Å². The lowest BCUT2D eigenvalue weighted by Gasteiger charge is -2.11. The van der Waals surface area contributed by atoms with E-state index in [-0.39, 0.29) is 16.3 Å². The molecule has 0 aromatic heterocycles. The molecular weight excluding hydrogens is 446 g/mol. The van der Waals surface area contributed by atoms with Crippen LogP contribution in [0.5, 0.6) is 11.5 Å². The first kappa shape index (κ1) is 23.5. The number of anilines is 1. The molecule has 0 saturated heterocycles. The maximum Gasteiger partial charge on any atom is 0.345 e. The standard InChI is InChI=1S/C24H20ClN3O5/c1-15(27-28-23(30)22(29)26-16-11-13-17(32-2)14-12-16)18-7-4-6-10-21(18)33-24(31)19-8-3-5-9-20(19)25/h3-14H,1-2H3,(H,26,29)(H,28,30). The van der Waals surface area contributed by atoms with Crippen LogP contribution in [0.2, 0.25) is 5.02 Å². The molecule has 8 nitrogen and oxygen atoms in total. The molecule has 3 aromatic rings. The van der Waals surface area contributed by atoms with Gasteiger partial charge in [-0.1, -0.05) is 35.9 Å². The predicted molar refractivity (Wildman–Crippen MR) is 125 cm³/mol. The molecule has 0 unspecified atom stereocenters.